The van der Waals surface area contributed by atoms with Gasteiger partial charge in [0.25, 0.3) is 0 Å². The highest BCUT2D eigenvalue weighted by Gasteiger charge is 2.15. The molecule has 0 aliphatic carbocycles. The van der Waals surface area contributed by atoms with Gasteiger partial charge in [-0.1, -0.05) is 76.3 Å². The minimum Gasteiger partial charge on any atom is -0.184 e. The van der Waals surface area contributed by atoms with Crippen LogP contribution in [-0.2, 0) is 4.84 Å². The molecule has 4 heteroatoms. The number of hydrogen-bond acceptors (Lipinski definition) is 1. The van der Waals surface area contributed by atoms with Gasteiger partial charge in [0, 0.05) is 5.88 Å². The van der Waals surface area contributed by atoms with Crippen LogP contribution in [0.1, 0.15) is 85.0 Å². The van der Waals surface area contributed by atoms with E-state index in [9.17, 15) is 0 Å². The first-order valence-electron chi connectivity index (χ1n) is 9.11. The molecular formula is C18H40Cl2NO+. The minimum absolute atomic E-state index is 0.208. The number of halogens is 2. The van der Waals surface area contributed by atoms with Crippen LogP contribution in [0.4, 0.5) is 0 Å². The lowest BCUT2D eigenvalue weighted by atomic mass is 10.1. The van der Waals surface area contributed by atoms with Gasteiger partial charge in [0.1, 0.15) is 6.54 Å². The quantitative estimate of drug-likeness (QED) is 0.153. The first-order chi connectivity index (χ1) is 10.4. The predicted octanol–water partition coefficient (Wildman–Crippen LogP) is 6.75. The first kappa shape index (κ1) is 24.7. The average molecular weight is 357 g/mol. The van der Waals surface area contributed by atoms with Crippen LogP contribution < -0.4 is 0 Å². The number of hydroxylamine groups is 3. The van der Waals surface area contributed by atoms with E-state index in [2.05, 4.69) is 13.8 Å². The molecule has 0 N–H and O–H groups in total. The number of alkyl halides is 2. The fourth-order valence-corrected chi connectivity index (χ4v) is 2.45. The molecule has 1 unspecified atom stereocenters. The molecule has 0 heterocycles. The zero-order chi connectivity index (χ0) is 17.3. The van der Waals surface area contributed by atoms with Crippen molar-refractivity contribution in [3.8, 4) is 0 Å². The monoisotopic (exact) mass is 356 g/mol. The van der Waals surface area contributed by atoms with Gasteiger partial charge in [-0.05, 0) is 20.3 Å². The van der Waals surface area contributed by atoms with Crippen molar-refractivity contribution in [1.29, 1.82) is 0 Å². The summed E-state index contributed by atoms with van der Waals surface area (Å²) < 4.78 is 0.519. The highest BCUT2D eigenvalue weighted by Crippen LogP contribution is 2.10. The third-order valence-corrected chi connectivity index (χ3v) is 4.03. The topological polar surface area (TPSA) is 9.23 Å². The average Bonchev–Trinajstić information content (AvgIpc) is 2.45. The van der Waals surface area contributed by atoms with Gasteiger partial charge in [0.15, 0.2) is 5.56 Å². The SMILES string of the molecule is CCCCCCCCCCCCCl.CC[N+](C)(C)OC(C)Cl. The number of hydrogen-bond donors (Lipinski definition) is 0. The lowest BCUT2D eigenvalue weighted by Crippen LogP contribution is -2.40. The number of unbranched alkanes of at least 4 members (excludes halogenated alkanes) is 9. The number of rotatable bonds is 13. The zero-order valence-corrected chi connectivity index (χ0v) is 17.2. The van der Waals surface area contributed by atoms with E-state index in [1.165, 1.54) is 64.2 Å². The van der Waals surface area contributed by atoms with Gasteiger partial charge in [-0.3, -0.25) is 0 Å². The van der Waals surface area contributed by atoms with Crippen LogP contribution in [0.3, 0.4) is 0 Å². The van der Waals surface area contributed by atoms with Gasteiger partial charge in [-0.15, -0.1) is 11.6 Å². The molecule has 0 spiro atoms. The molecular weight excluding hydrogens is 317 g/mol. The standard InChI is InChI=1S/C12H25Cl.C6H15ClNO/c1-2-3-4-5-6-7-8-9-10-11-12-13;1-5-8(3,4)9-6(2)7/h2-12H2,1H3;6H,5H2,1-4H3/q;+1. The molecule has 0 rings (SSSR count). The van der Waals surface area contributed by atoms with E-state index in [-0.39, 0.29) is 5.56 Å². The summed E-state index contributed by atoms with van der Waals surface area (Å²) in [5.74, 6) is 0.844. The van der Waals surface area contributed by atoms with Gasteiger partial charge >= 0.3 is 0 Å². The molecule has 0 saturated heterocycles. The van der Waals surface area contributed by atoms with Crippen molar-refractivity contribution in [2.45, 2.75) is 90.5 Å². The largest absolute Gasteiger partial charge is 0.187 e. The summed E-state index contributed by atoms with van der Waals surface area (Å²) >= 11 is 11.2. The lowest BCUT2D eigenvalue weighted by molar-refractivity contribution is -1.08. The van der Waals surface area contributed by atoms with Crippen molar-refractivity contribution >= 4 is 23.2 Å². The molecule has 22 heavy (non-hydrogen) atoms. The summed E-state index contributed by atoms with van der Waals surface area (Å²) in [5, 5.41) is 0. The second-order valence-corrected chi connectivity index (χ2v) is 7.40. The Labute approximate surface area is 150 Å². The summed E-state index contributed by atoms with van der Waals surface area (Å²) in [5.41, 5.74) is -0.208. The zero-order valence-electron chi connectivity index (χ0n) is 15.7. The number of quaternary nitrogens is 1. The molecule has 0 radical (unpaired) electrons. The van der Waals surface area contributed by atoms with Gasteiger partial charge < -0.3 is 0 Å². The van der Waals surface area contributed by atoms with E-state index < -0.39 is 0 Å². The fraction of sp³-hybridized carbons (Fsp3) is 1.00. The van der Waals surface area contributed by atoms with E-state index in [1.807, 2.05) is 21.0 Å². The summed E-state index contributed by atoms with van der Waals surface area (Å²) in [4.78, 5) is 5.29. The number of nitrogens with zero attached hydrogens (tertiary/aromatic N) is 1. The molecule has 0 amide bonds. The van der Waals surface area contributed by atoms with Crippen LogP contribution in [-0.4, -0.2) is 36.7 Å². The second kappa shape index (κ2) is 17.8. The highest BCUT2D eigenvalue weighted by atomic mass is 35.5. The van der Waals surface area contributed by atoms with Crippen LogP contribution >= 0.6 is 23.2 Å². The smallest absolute Gasteiger partial charge is 0.184 e. The van der Waals surface area contributed by atoms with Crippen molar-refractivity contribution in [2.75, 3.05) is 26.5 Å². The van der Waals surface area contributed by atoms with Gasteiger partial charge in [-0.25, -0.2) is 0 Å². The van der Waals surface area contributed by atoms with Gasteiger partial charge in [0.05, 0.1) is 14.1 Å². The Balaban J connectivity index is 0. The predicted molar refractivity (Wildman–Crippen MR) is 102 cm³/mol. The van der Waals surface area contributed by atoms with Crippen LogP contribution in [0.25, 0.3) is 0 Å². The maximum Gasteiger partial charge on any atom is 0.187 e. The van der Waals surface area contributed by atoms with Crippen LogP contribution in [0.15, 0.2) is 0 Å². The molecule has 0 aromatic rings. The van der Waals surface area contributed by atoms with E-state index in [0.29, 0.717) is 4.65 Å². The molecule has 0 aromatic heterocycles. The van der Waals surface area contributed by atoms with E-state index in [4.69, 9.17) is 28.0 Å². The Hall–Kier alpha value is 0.500. The summed E-state index contributed by atoms with van der Waals surface area (Å²) in [7, 11) is 3.94. The Bertz CT molecular complexity index is 201. The second-order valence-electron chi connectivity index (χ2n) is 6.41. The molecule has 2 nitrogen and oxygen atoms in total. The Morgan fingerprint density at radius 2 is 1.23 bits per heavy atom. The van der Waals surface area contributed by atoms with Crippen LogP contribution in [0.2, 0.25) is 0 Å². The third kappa shape index (κ3) is 22.8. The molecule has 1 atom stereocenters. The van der Waals surface area contributed by atoms with Crippen molar-refractivity contribution in [3.63, 3.8) is 0 Å². The van der Waals surface area contributed by atoms with Crippen LogP contribution in [0.5, 0.6) is 0 Å². The molecule has 136 valence electrons. The molecule has 0 fully saturated rings. The first-order valence-corrected chi connectivity index (χ1v) is 10.1. The molecule has 0 bridgehead atoms. The van der Waals surface area contributed by atoms with Crippen molar-refractivity contribution in [2.24, 2.45) is 0 Å². The van der Waals surface area contributed by atoms with Gasteiger partial charge in [-0.2, -0.15) is 9.48 Å². The summed E-state index contributed by atoms with van der Waals surface area (Å²) in [6, 6.07) is 0. The maximum absolute atomic E-state index is 5.60. The molecule has 0 saturated carbocycles. The normalized spacial score (nSPS) is 12.7. The summed E-state index contributed by atoms with van der Waals surface area (Å²) in [6.45, 7) is 7.07. The molecule has 0 aliphatic heterocycles. The van der Waals surface area contributed by atoms with Gasteiger partial charge in [0.2, 0.25) is 0 Å². The van der Waals surface area contributed by atoms with Crippen molar-refractivity contribution < 1.29 is 9.48 Å². The Kier molecular flexibility index (Phi) is 20.1. The Morgan fingerprint density at radius 1 is 0.818 bits per heavy atom. The maximum atomic E-state index is 5.60. The van der Waals surface area contributed by atoms with E-state index >= 15 is 0 Å². The lowest BCUT2D eigenvalue weighted by Gasteiger charge is -2.26. The van der Waals surface area contributed by atoms with Crippen molar-refractivity contribution in [3.05, 3.63) is 0 Å². The molecule has 0 aromatic carbocycles. The van der Waals surface area contributed by atoms with Crippen LogP contribution in [0, 0.1) is 0 Å². The van der Waals surface area contributed by atoms with E-state index in [1.54, 1.807) is 0 Å². The fourth-order valence-electron chi connectivity index (χ4n) is 2.05. The van der Waals surface area contributed by atoms with Crippen molar-refractivity contribution in [1.82, 2.24) is 0 Å². The molecule has 0 aliphatic rings. The highest BCUT2D eigenvalue weighted by molar-refractivity contribution is 6.19. The Morgan fingerprint density at radius 3 is 1.50 bits per heavy atom. The van der Waals surface area contributed by atoms with E-state index in [0.717, 1.165) is 12.4 Å². The third-order valence-electron chi connectivity index (χ3n) is 3.68. The minimum atomic E-state index is -0.208. The summed E-state index contributed by atoms with van der Waals surface area (Å²) in [6.07, 6.45) is 13.9.